The lowest BCUT2D eigenvalue weighted by atomic mass is 9.67. The maximum absolute atomic E-state index is 12.8. The summed E-state index contributed by atoms with van der Waals surface area (Å²) in [5, 5.41) is 6.73. The number of hydrogen-bond acceptors (Lipinski definition) is 4. The minimum absolute atomic E-state index is 0.101. The number of hydrogen-bond donors (Lipinski definition) is 2. The largest absolute Gasteiger partial charge is 0.354 e. The van der Waals surface area contributed by atoms with Gasteiger partial charge in [-0.3, -0.25) is 4.79 Å². The van der Waals surface area contributed by atoms with Crippen molar-refractivity contribution in [3.63, 3.8) is 0 Å². The van der Waals surface area contributed by atoms with Crippen molar-refractivity contribution >= 4 is 5.91 Å². The Balaban J connectivity index is 1.41. The van der Waals surface area contributed by atoms with Gasteiger partial charge in [-0.15, -0.1) is 0 Å². The van der Waals surface area contributed by atoms with Gasteiger partial charge in [0.1, 0.15) is 0 Å². The van der Waals surface area contributed by atoms with Crippen molar-refractivity contribution in [2.45, 2.75) is 44.6 Å². The standard InChI is InChI=1S/C18H34N4O/c1-21(2)16-6-10-22(11-7-16)12-9-20-17(23)18-8-4-3-5-15(18)13-19-14-18/h15-16,19H,3-14H2,1-2H3,(H,20,23)/t15-,18+/m0/s1. The lowest BCUT2D eigenvalue weighted by Crippen LogP contribution is -2.50. The monoisotopic (exact) mass is 322 g/mol. The molecule has 23 heavy (non-hydrogen) atoms. The highest BCUT2D eigenvalue weighted by Crippen LogP contribution is 2.43. The van der Waals surface area contributed by atoms with Gasteiger partial charge >= 0.3 is 0 Å². The molecule has 0 unspecified atom stereocenters. The van der Waals surface area contributed by atoms with Crippen LogP contribution in [0.4, 0.5) is 0 Å². The zero-order valence-electron chi connectivity index (χ0n) is 14.9. The molecule has 2 saturated heterocycles. The predicted molar refractivity (Wildman–Crippen MR) is 93.4 cm³/mol. The van der Waals surface area contributed by atoms with Crippen LogP contribution in [0.5, 0.6) is 0 Å². The SMILES string of the molecule is CN(C)C1CCN(CCNC(=O)[C@@]23CCCC[C@H]2CNC3)CC1. The van der Waals surface area contributed by atoms with Crippen LogP contribution in [-0.4, -0.2) is 75.1 Å². The van der Waals surface area contributed by atoms with Crippen LogP contribution in [0.2, 0.25) is 0 Å². The van der Waals surface area contributed by atoms with Crippen LogP contribution >= 0.6 is 0 Å². The molecule has 0 radical (unpaired) electrons. The van der Waals surface area contributed by atoms with Crippen LogP contribution in [-0.2, 0) is 4.79 Å². The smallest absolute Gasteiger partial charge is 0.227 e. The molecule has 5 heteroatoms. The van der Waals surface area contributed by atoms with Gasteiger partial charge in [-0.2, -0.15) is 0 Å². The van der Waals surface area contributed by atoms with Crippen molar-refractivity contribution in [1.82, 2.24) is 20.4 Å². The zero-order valence-corrected chi connectivity index (χ0v) is 14.9. The topological polar surface area (TPSA) is 47.6 Å². The molecule has 0 aromatic carbocycles. The van der Waals surface area contributed by atoms with Crippen LogP contribution < -0.4 is 10.6 Å². The van der Waals surface area contributed by atoms with Gasteiger partial charge in [0.15, 0.2) is 0 Å². The Hall–Kier alpha value is -0.650. The van der Waals surface area contributed by atoms with Crippen molar-refractivity contribution in [1.29, 1.82) is 0 Å². The first kappa shape index (κ1) is 17.2. The number of piperidine rings is 1. The summed E-state index contributed by atoms with van der Waals surface area (Å²) in [6, 6.07) is 0.729. The summed E-state index contributed by atoms with van der Waals surface area (Å²) in [5.74, 6) is 0.877. The second-order valence-corrected chi connectivity index (χ2v) is 8.02. The first-order valence-electron chi connectivity index (χ1n) is 9.49. The molecule has 3 rings (SSSR count). The highest BCUT2D eigenvalue weighted by molar-refractivity contribution is 5.83. The van der Waals surface area contributed by atoms with Gasteiger partial charge in [0.2, 0.25) is 5.91 Å². The van der Waals surface area contributed by atoms with Gasteiger partial charge in [-0.1, -0.05) is 12.8 Å². The quantitative estimate of drug-likeness (QED) is 0.790. The predicted octanol–water partition coefficient (Wildman–Crippen LogP) is 0.908. The van der Waals surface area contributed by atoms with Crippen molar-refractivity contribution in [3.05, 3.63) is 0 Å². The van der Waals surface area contributed by atoms with Gasteiger partial charge in [-0.05, 0) is 65.3 Å². The van der Waals surface area contributed by atoms with Gasteiger partial charge in [0.25, 0.3) is 0 Å². The third-order valence-corrected chi connectivity index (χ3v) is 6.49. The Kier molecular flexibility index (Phi) is 5.60. The Morgan fingerprint density at radius 3 is 2.78 bits per heavy atom. The van der Waals surface area contributed by atoms with E-state index in [4.69, 9.17) is 0 Å². The number of likely N-dealkylation sites (tertiary alicyclic amines) is 1. The first-order chi connectivity index (χ1) is 11.1. The second-order valence-electron chi connectivity index (χ2n) is 8.02. The molecule has 3 aliphatic rings. The number of carbonyl (C=O) groups is 1. The molecule has 2 N–H and O–H groups in total. The molecule has 1 amide bonds. The van der Waals surface area contributed by atoms with E-state index < -0.39 is 0 Å². The first-order valence-corrected chi connectivity index (χ1v) is 9.49. The molecule has 0 spiro atoms. The number of nitrogens with one attached hydrogen (secondary N) is 2. The number of amides is 1. The van der Waals surface area contributed by atoms with Gasteiger partial charge in [-0.25, -0.2) is 0 Å². The fraction of sp³-hybridized carbons (Fsp3) is 0.944. The van der Waals surface area contributed by atoms with Crippen molar-refractivity contribution in [2.24, 2.45) is 11.3 Å². The molecule has 0 bridgehead atoms. The average Bonchev–Trinajstić information content (AvgIpc) is 3.00. The Morgan fingerprint density at radius 2 is 2.04 bits per heavy atom. The van der Waals surface area contributed by atoms with E-state index in [1.54, 1.807) is 0 Å². The fourth-order valence-corrected chi connectivity index (χ4v) is 4.85. The van der Waals surface area contributed by atoms with Crippen molar-refractivity contribution < 1.29 is 4.79 Å². The van der Waals surface area contributed by atoms with E-state index in [1.807, 2.05) is 0 Å². The van der Waals surface area contributed by atoms with Crippen LogP contribution in [0.15, 0.2) is 0 Å². The van der Waals surface area contributed by atoms with E-state index in [9.17, 15) is 4.79 Å². The van der Waals surface area contributed by atoms with Crippen molar-refractivity contribution in [3.8, 4) is 0 Å². The van der Waals surface area contributed by atoms with Crippen LogP contribution in [0.3, 0.4) is 0 Å². The zero-order chi connectivity index (χ0) is 16.3. The molecule has 5 nitrogen and oxygen atoms in total. The number of fused-ring (bicyclic) bond motifs is 1. The minimum atomic E-state index is -0.101. The van der Waals surface area contributed by atoms with Crippen molar-refractivity contribution in [2.75, 3.05) is 53.4 Å². The molecule has 132 valence electrons. The maximum atomic E-state index is 12.8. The molecular formula is C18H34N4O. The van der Waals surface area contributed by atoms with Crippen LogP contribution in [0, 0.1) is 11.3 Å². The summed E-state index contributed by atoms with van der Waals surface area (Å²) in [5.41, 5.74) is -0.101. The minimum Gasteiger partial charge on any atom is -0.354 e. The molecule has 0 aromatic heterocycles. The molecule has 0 aromatic rings. The van der Waals surface area contributed by atoms with Gasteiger partial charge < -0.3 is 20.4 Å². The van der Waals surface area contributed by atoms with Gasteiger partial charge in [0, 0.05) is 25.7 Å². The maximum Gasteiger partial charge on any atom is 0.227 e. The van der Waals surface area contributed by atoms with E-state index in [-0.39, 0.29) is 5.41 Å². The molecule has 1 aliphatic carbocycles. The van der Waals surface area contributed by atoms with Crippen LogP contribution in [0.25, 0.3) is 0 Å². The average molecular weight is 322 g/mol. The third-order valence-electron chi connectivity index (χ3n) is 6.49. The molecule has 2 atom stereocenters. The summed E-state index contributed by atoms with van der Waals surface area (Å²) < 4.78 is 0. The normalized spacial score (nSPS) is 32.9. The van der Waals surface area contributed by atoms with E-state index in [0.717, 1.165) is 51.7 Å². The second kappa shape index (κ2) is 7.49. The summed E-state index contributed by atoms with van der Waals surface area (Å²) in [6.45, 7) is 6.05. The highest BCUT2D eigenvalue weighted by atomic mass is 16.2. The van der Waals surface area contributed by atoms with Crippen LogP contribution in [0.1, 0.15) is 38.5 Å². The summed E-state index contributed by atoms with van der Waals surface area (Å²) in [7, 11) is 4.35. The Labute approximate surface area is 141 Å². The van der Waals surface area contributed by atoms with Gasteiger partial charge in [0.05, 0.1) is 5.41 Å². The Bertz CT molecular complexity index is 406. The lowest BCUT2D eigenvalue weighted by molar-refractivity contribution is -0.134. The lowest BCUT2D eigenvalue weighted by Gasteiger charge is -2.38. The van der Waals surface area contributed by atoms with E-state index in [1.165, 1.54) is 32.1 Å². The molecule has 2 aliphatic heterocycles. The number of nitrogens with zero attached hydrogens (tertiary/aromatic N) is 2. The molecule has 1 saturated carbocycles. The number of rotatable bonds is 5. The van der Waals surface area contributed by atoms with E-state index in [2.05, 4.69) is 34.5 Å². The summed E-state index contributed by atoms with van der Waals surface area (Å²) in [4.78, 5) is 17.7. The van der Waals surface area contributed by atoms with E-state index in [0.29, 0.717) is 11.8 Å². The third kappa shape index (κ3) is 3.72. The summed E-state index contributed by atoms with van der Waals surface area (Å²) in [6.07, 6.45) is 7.29. The van der Waals surface area contributed by atoms with E-state index >= 15 is 0 Å². The highest BCUT2D eigenvalue weighted by Gasteiger charge is 2.49. The molecular weight excluding hydrogens is 288 g/mol. The molecule has 3 fully saturated rings. The summed E-state index contributed by atoms with van der Waals surface area (Å²) >= 11 is 0. The number of carbonyl (C=O) groups excluding carboxylic acids is 1. The molecule has 2 heterocycles. The fourth-order valence-electron chi connectivity index (χ4n) is 4.85. The Morgan fingerprint density at radius 1 is 1.26 bits per heavy atom.